The molecule has 2 heterocycles. The van der Waals surface area contributed by atoms with E-state index in [9.17, 15) is 4.79 Å². The minimum Gasteiger partial charge on any atom is -0.383 e. The summed E-state index contributed by atoms with van der Waals surface area (Å²) in [5.41, 5.74) is 2.34. The van der Waals surface area contributed by atoms with E-state index in [0.29, 0.717) is 12.1 Å². The van der Waals surface area contributed by atoms with E-state index in [1.165, 1.54) is 0 Å². The lowest BCUT2D eigenvalue weighted by Crippen LogP contribution is -2.24. The van der Waals surface area contributed by atoms with Gasteiger partial charge in [0, 0.05) is 31.7 Å². The number of nitrogens with zero attached hydrogens (tertiary/aromatic N) is 2. The summed E-state index contributed by atoms with van der Waals surface area (Å²) in [5.74, 6) is -0.116. The Kier molecular flexibility index (Phi) is 5.06. The monoisotopic (exact) mass is 270 g/mol. The Balaban J connectivity index is 2.01. The number of rotatable bonds is 6. The van der Waals surface area contributed by atoms with Gasteiger partial charge in [0.25, 0.3) is 5.91 Å². The molecule has 0 aliphatic heterocycles. The van der Waals surface area contributed by atoms with Crippen LogP contribution in [0.2, 0.25) is 0 Å². The molecule has 0 aromatic carbocycles. The summed E-state index contributed by atoms with van der Waals surface area (Å²) in [6.45, 7) is 3.35. The zero-order valence-electron chi connectivity index (χ0n) is 11.5. The Labute approximate surface area is 118 Å². The van der Waals surface area contributed by atoms with Crippen LogP contribution in [0.1, 0.15) is 29.3 Å². The minimum atomic E-state index is -0.116. The van der Waals surface area contributed by atoms with Gasteiger partial charge in [0.2, 0.25) is 0 Å². The molecule has 0 spiro atoms. The standard InChI is InChI=1S/C15H18N4O/c1-2-6-18-14-11-17-8-5-13(14)15(20)19-10-12-4-3-7-16-9-12/h3-5,7-9,11,18H,2,6,10H2,1H3,(H,19,20). The first-order valence-electron chi connectivity index (χ1n) is 6.66. The van der Waals surface area contributed by atoms with Gasteiger partial charge in [-0.05, 0) is 24.1 Å². The third kappa shape index (κ3) is 3.78. The molecule has 20 heavy (non-hydrogen) atoms. The van der Waals surface area contributed by atoms with Crippen molar-refractivity contribution in [3.8, 4) is 0 Å². The van der Waals surface area contributed by atoms with Crippen LogP contribution in [-0.2, 0) is 6.54 Å². The van der Waals surface area contributed by atoms with Gasteiger partial charge in [-0.1, -0.05) is 13.0 Å². The summed E-state index contributed by atoms with van der Waals surface area (Å²) in [4.78, 5) is 20.3. The molecule has 2 N–H and O–H groups in total. The quantitative estimate of drug-likeness (QED) is 0.844. The average Bonchev–Trinajstić information content (AvgIpc) is 2.52. The second-order valence-corrected chi connectivity index (χ2v) is 4.39. The molecular formula is C15H18N4O. The van der Waals surface area contributed by atoms with Gasteiger partial charge >= 0.3 is 0 Å². The minimum absolute atomic E-state index is 0.116. The number of amides is 1. The molecule has 1 amide bonds. The van der Waals surface area contributed by atoms with Crippen molar-refractivity contribution in [1.82, 2.24) is 15.3 Å². The van der Waals surface area contributed by atoms with Gasteiger partial charge in [-0.3, -0.25) is 14.8 Å². The second-order valence-electron chi connectivity index (χ2n) is 4.39. The number of carbonyl (C=O) groups excluding carboxylic acids is 1. The highest BCUT2D eigenvalue weighted by molar-refractivity contribution is 5.99. The van der Waals surface area contributed by atoms with Crippen LogP contribution in [0.15, 0.2) is 43.0 Å². The van der Waals surface area contributed by atoms with Crippen LogP contribution in [0.3, 0.4) is 0 Å². The van der Waals surface area contributed by atoms with Crippen LogP contribution >= 0.6 is 0 Å². The van der Waals surface area contributed by atoms with Crippen LogP contribution in [0.4, 0.5) is 5.69 Å². The molecule has 0 unspecified atom stereocenters. The van der Waals surface area contributed by atoms with E-state index in [-0.39, 0.29) is 5.91 Å². The van der Waals surface area contributed by atoms with Crippen molar-refractivity contribution in [2.45, 2.75) is 19.9 Å². The molecule has 104 valence electrons. The fourth-order valence-electron chi connectivity index (χ4n) is 1.77. The summed E-state index contributed by atoms with van der Waals surface area (Å²) in [6, 6.07) is 5.49. The Hall–Kier alpha value is -2.43. The lowest BCUT2D eigenvalue weighted by atomic mass is 10.2. The average molecular weight is 270 g/mol. The predicted octanol–water partition coefficient (Wildman–Crippen LogP) is 2.23. The Morgan fingerprint density at radius 2 is 2.05 bits per heavy atom. The molecule has 0 radical (unpaired) electrons. The van der Waals surface area contributed by atoms with Gasteiger partial charge in [0.1, 0.15) is 0 Å². The zero-order valence-corrected chi connectivity index (χ0v) is 11.5. The van der Waals surface area contributed by atoms with Crippen molar-refractivity contribution in [3.63, 3.8) is 0 Å². The summed E-state index contributed by atoms with van der Waals surface area (Å²) in [5, 5.41) is 6.09. The maximum atomic E-state index is 12.2. The van der Waals surface area contributed by atoms with Crippen molar-refractivity contribution >= 4 is 11.6 Å². The lowest BCUT2D eigenvalue weighted by molar-refractivity contribution is 0.0951. The van der Waals surface area contributed by atoms with Crippen LogP contribution in [0.5, 0.6) is 0 Å². The van der Waals surface area contributed by atoms with E-state index in [2.05, 4.69) is 27.5 Å². The Bertz CT molecular complexity index is 557. The topological polar surface area (TPSA) is 66.9 Å². The molecular weight excluding hydrogens is 252 g/mol. The SMILES string of the molecule is CCCNc1cnccc1C(=O)NCc1cccnc1. The first-order valence-corrected chi connectivity index (χ1v) is 6.66. The summed E-state index contributed by atoms with van der Waals surface area (Å²) in [6.07, 6.45) is 7.74. The Morgan fingerprint density at radius 3 is 2.80 bits per heavy atom. The number of carbonyl (C=O) groups is 1. The predicted molar refractivity (Wildman–Crippen MR) is 78.4 cm³/mol. The molecule has 2 aromatic heterocycles. The van der Waals surface area contributed by atoms with E-state index in [1.807, 2.05) is 12.1 Å². The first-order chi connectivity index (χ1) is 9.81. The third-order valence-corrected chi connectivity index (χ3v) is 2.81. The molecule has 5 nitrogen and oxygen atoms in total. The zero-order chi connectivity index (χ0) is 14.2. The van der Waals surface area contributed by atoms with Gasteiger partial charge in [-0.2, -0.15) is 0 Å². The maximum absolute atomic E-state index is 12.2. The lowest BCUT2D eigenvalue weighted by Gasteiger charge is -2.11. The highest BCUT2D eigenvalue weighted by atomic mass is 16.1. The summed E-state index contributed by atoms with van der Waals surface area (Å²) >= 11 is 0. The molecule has 5 heteroatoms. The molecule has 0 bridgehead atoms. The highest BCUT2D eigenvalue weighted by Gasteiger charge is 2.10. The molecule has 0 aliphatic rings. The largest absolute Gasteiger partial charge is 0.383 e. The number of anilines is 1. The normalized spacial score (nSPS) is 10.1. The van der Waals surface area contributed by atoms with Gasteiger partial charge in [-0.15, -0.1) is 0 Å². The van der Waals surface area contributed by atoms with Crippen LogP contribution < -0.4 is 10.6 Å². The second kappa shape index (κ2) is 7.23. The van der Waals surface area contributed by atoms with Crippen LogP contribution in [0.25, 0.3) is 0 Å². The van der Waals surface area contributed by atoms with Crippen molar-refractivity contribution in [2.24, 2.45) is 0 Å². The molecule has 0 atom stereocenters. The van der Waals surface area contributed by atoms with E-state index in [4.69, 9.17) is 0 Å². The molecule has 2 rings (SSSR count). The van der Waals surface area contributed by atoms with Gasteiger partial charge in [-0.25, -0.2) is 0 Å². The first kappa shape index (κ1) is 14.0. The number of hydrogen-bond donors (Lipinski definition) is 2. The summed E-state index contributed by atoms with van der Waals surface area (Å²) in [7, 11) is 0. The smallest absolute Gasteiger partial charge is 0.253 e. The third-order valence-electron chi connectivity index (χ3n) is 2.81. The van der Waals surface area contributed by atoms with Crippen molar-refractivity contribution < 1.29 is 4.79 Å². The maximum Gasteiger partial charge on any atom is 0.253 e. The molecule has 0 aliphatic carbocycles. The van der Waals surface area contributed by atoms with E-state index < -0.39 is 0 Å². The van der Waals surface area contributed by atoms with Gasteiger partial charge in [0.05, 0.1) is 17.4 Å². The van der Waals surface area contributed by atoms with E-state index in [0.717, 1.165) is 24.2 Å². The molecule has 0 fully saturated rings. The van der Waals surface area contributed by atoms with Crippen LogP contribution in [0, 0.1) is 0 Å². The van der Waals surface area contributed by atoms with Crippen molar-refractivity contribution in [1.29, 1.82) is 0 Å². The number of pyridine rings is 2. The number of aromatic nitrogens is 2. The molecule has 0 saturated carbocycles. The van der Waals surface area contributed by atoms with Crippen molar-refractivity contribution in [2.75, 3.05) is 11.9 Å². The number of hydrogen-bond acceptors (Lipinski definition) is 4. The fourth-order valence-corrected chi connectivity index (χ4v) is 1.77. The van der Waals surface area contributed by atoms with Crippen LogP contribution in [-0.4, -0.2) is 22.4 Å². The fraction of sp³-hybridized carbons (Fsp3) is 0.267. The van der Waals surface area contributed by atoms with E-state index >= 15 is 0 Å². The van der Waals surface area contributed by atoms with Gasteiger partial charge < -0.3 is 10.6 Å². The highest BCUT2D eigenvalue weighted by Crippen LogP contribution is 2.13. The van der Waals surface area contributed by atoms with Crippen molar-refractivity contribution in [3.05, 3.63) is 54.1 Å². The van der Waals surface area contributed by atoms with Gasteiger partial charge in [0.15, 0.2) is 0 Å². The Morgan fingerprint density at radius 1 is 1.20 bits per heavy atom. The molecule has 0 saturated heterocycles. The summed E-state index contributed by atoms with van der Waals surface area (Å²) < 4.78 is 0. The molecule has 2 aromatic rings. The number of nitrogens with one attached hydrogen (secondary N) is 2. The van der Waals surface area contributed by atoms with E-state index in [1.54, 1.807) is 30.9 Å².